The monoisotopic (exact) mass is 212 g/mol. The Kier molecular flexibility index (Phi) is 4.11. The number of hydrogen-bond acceptors (Lipinski definition) is 6. The van der Waals surface area contributed by atoms with Gasteiger partial charge < -0.3 is 20.9 Å². The molecule has 0 fully saturated rings. The molecule has 84 valence electrons. The number of aromatic nitrogens is 2. The van der Waals surface area contributed by atoms with Crippen LogP contribution >= 0.6 is 0 Å². The molecule has 4 N–H and O–H groups in total. The molecule has 1 aromatic rings. The Balaban J connectivity index is 2.64. The highest BCUT2D eigenvalue weighted by atomic mass is 16.5. The van der Waals surface area contributed by atoms with E-state index in [1.54, 1.807) is 6.07 Å². The molecule has 0 aliphatic carbocycles. The molecule has 0 aromatic carbocycles. The van der Waals surface area contributed by atoms with Crippen LogP contribution in [0.4, 0.5) is 11.8 Å². The number of rotatable bonds is 5. The zero-order valence-electron chi connectivity index (χ0n) is 8.90. The number of nitrogen functional groups attached to an aromatic ring is 1. The van der Waals surface area contributed by atoms with Crippen molar-refractivity contribution in [1.29, 1.82) is 0 Å². The highest BCUT2D eigenvalue weighted by Gasteiger charge is 2.04. The van der Waals surface area contributed by atoms with Crippen LogP contribution in [0.3, 0.4) is 0 Å². The van der Waals surface area contributed by atoms with Gasteiger partial charge in [0.05, 0.1) is 13.2 Å². The predicted octanol–water partition coefficient (Wildman–Crippen LogP) is 0.250. The van der Waals surface area contributed by atoms with Crippen molar-refractivity contribution in [2.24, 2.45) is 0 Å². The summed E-state index contributed by atoms with van der Waals surface area (Å²) in [5, 5.41) is 12.3. The second kappa shape index (κ2) is 5.35. The molecule has 1 rings (SSSR count). The summed E-state index contributed by atoms with van der Waals surface area (Å²) in [5.41, 5.74) is 5.47. The summed E-state index contributed by atoms with van der Waals surface area (Å²) in [6.07, 6.45) is 0.289. The van der Waals surface area contributed by atoms with E-state index in [2.05, 4.69) is 15.3 Å². The molecule has 6 heteroatoms. The highest BCUT2D eigenvalue weighted by molar-refractivity contribution is 5.42. The van der Waals surface area contributed by atoms with Crippen LogP contribution in [-0.4, -0.2) is 34.8 Å². The van der Waals surface area contributed by atoms with E-state index in [1.165, 1.54) is 7.11 Å². The molecule has 0 aliphatic heterocycles. The molecule has 0 radical (unpaired) electrons. The molecule has 6 nitrogen and oxygen atoms in total. The van der Waals surface area contributed by atoms with Crippen molar-refractivity contribution in [3.05, 3.63) is 6.07 Å². The van der Waals surface area contributed by atoms with Gasteiger partial charge in [-0.25, -0.2) is 0 Å². The fourth-order valence-corrected chi connectivity index (χ4v) is 1.00. The fraction of sp³-hybridized carbons (Fsp3) is 0.556. The van der Waals surface area contributed by atoms with E-state index >= 15 is 0 Å². The first-order valence-electron chi connectivity index (χ1n) is 4.76. The Bertz CT molecular complexity index is 319. The van der Waals surface area contributed by atoms with Crippen LogP contribution < -0.4 is 15.8 Å². The van der Waals surface area contributed by atoms with Gasteiger partial charge in [-0.2, -0.15) is 9.97 Å². The van der Waals surface area contributed by atoms with Crippen LogP contribution in [0.25, 0.3) is 0 Å². The molecule has 1 unspecified atom stereocenters. The van der Waals surface area contributed by atoms with Gasteiger partial charge in [-0.05, 0) is 6.42 Å². The lowest BCUT2D eigenvalue weighted by Crippen LogP contribution is -2.19. The predicted molar refractivity (Wildman–Crippen MR) is 57.8 cm³/mol. The molecule has 1 heterocycles. The molecular formula is C9H16N4O2. The Morgan fingerprint density at radius 2 is 2.33 bits per heavy atom. The van der Waals surface area contributed by atoms with E-state index < -0.39 is 6.10 Å². The third-order valence-corrected chi connectivity index (χ3v) is 1.92. The lowest BCUT2D eigenvalue weighted by molar-refractivity contribution is 0.183. The largest absolute Gasteiger partial charge is 0.481 e. The summed E-state index contributed by atoms with van der Waals surface area (Å²) in [7, 11) is 1.51. The molecule has 0 bridgehead atoms. The van der Waals surface area contributed by atoms with Crippen LogP contribution in [-0.2, 0) is 0 Å². The maximum atomic E-state index is 9.35. The van der Waals surface area contributed by atoms with Gasteiger partial charge >= 0.3 is 0 Å². The molecule has 1 aromatic heterocycles. The number of nitrogens with two attached hydrogens (primary N) is 1. The quantitative estimate of drug-likeness (QED) is 0.647. The smallest absolute Gasteiger partial charge is 0.225 e. The van der Waals surface area contributed by atoms with Crippen LogP contribution in [0.5, 0.6) is 5.88 Å². The van der Waals surface area contributed by atoms with Crippen molar-refractivity contribution in [3.8, 4) is 5.88 Å². The Hall–Kier alpha value is -1.56. The van der Waals surface area contributed by atoms with Crippen molar-refractivity contribution >= 4 is 11.8 Å². The van der Waals surface area contributed by atoms with Crippen molar-refractivity contribution in [1.82, 2.24) is 9.97 Å². The van der Waals surface area contributed by atoms with Crippen molar-refractivity contribution in [2.75, 3.05) is 24.7 Å². The minimum Gasteiger partial charge on any atom is -0.481 e. The number of aliphatic hydroxyl groups excluding tert-OH is 1. The summed E-state index contributed by atoms with van der Waals surface area (Å²) in [6, 6.07) is 1.62. The van der Waals surface area contributed by atoms with Crippen LogP contribution in [0, 0.1) is 0 Å². The normalized spacial score (nSPS) is 12.2. The van der Waals surface area contributed by atoms with Gasteiger partial charge in [0.1, 0.15) is 5.82 Å². The number of ether oxygens (including phenoxy) is 1. The summed E-state index contributed by atoms with van der Waals surface area (Å²) < 4.78 is 4.94. The number of nitrogens with zero attached hydrogens (tertiary/aromatic N) is 2. The number of anilines is 2. The number of hydrogen-bond donors (Lipinski definition) is 3. The van der Waals surface area contributed by atoms with Gasteiger partial charge in [-0.1, -0.05) is 6.92 Å². The Morgan fingerprint density at radius 1 is 1.60 bits per heavy atom. The van der Waals surface area contributed by atoms with E-state index in [4.69, 9.17) is 10.5 Å². The van der Waals surface area contributed by atoms with Crippen molar-refractivity contribution in [2.45, 2.75) is 19.4 Å². The summed E-state index contributed by atoms with van der Waals surface area (Å²) in [4.78, 5) is 7.79. The van der Waals surface area contributed by atoms with E-state index in [9.17, 15) is 5.11 Å². The van der Waals surface area contributed by atoms with Gasteiger partial charge in [-0.15, -0.1) is 0 Å². The summed E-state index contributed by atoms with van der Waals surface area (Å²) in [5.74, 6) is 1.09. The first kappa shape index (κ1) is 11.5. The second-order valence-corrected chi connectivity index (χ2v) is 3.10. The van der Waals surface area contributed by atoms with Crippen LogP contribution in [0.2, 0.25) is 0 Å². The minimum atomic E-state index is -0.396. The van der Waals surface area contributed by atoms with Gasteiger partial charge in [0.2, 0.25) is 11.8 Å². The van der Waals surface area contributed by atoms with E-state index in [0.29, 0.717) is 24.7 Å². The second-order valence-electron chi connectivity index (χ2n) is 3.10. The molecule has 15 heavy (non-hydrogen) atoms. The van der Waals surface area contributed by atoms with E-state index in [0.717, 1.165) is 0 Å². The molecule has 0 saturated carbocycles. The first-order chi connectivity index (χ1) is 7.15. The summed E-state index contributed by atoms with van der Waals surface area (Å²) in [6.45, 7) is 2.33. The molecule has 0 saturated heterocycles. The summed E-state index contributed by atoms with van der Waals surface area (Å²) >= 11 is 0. The molecule has 0 aliphatic rings. The van der Waals surface area contributed by atoms with Crippen LogP contribution in [0.15, 0.2) is 6.07 Å². The van der Waals surface area contributed by atoms with Crippen LogP contribution in [0.1, 0.15) is 13.3 Å². The van der Waals surface area contributed by atoms with E-state index in [1.807, 2.05) is 6.92 Å². The average Bonchev–Trinajstić information content (AvgIpc) is 2.25. The molecule has 0 spiro atoms. The average molecular weight is 212 g/mol. The minimum absolute atomic E-state index is 0.142. The molecule has 0 amide bonds. The van der Waals surface area contributed by atoms with Gasteiger partial charge in [0.15, 0.2) is 0 Å². The lowest BCUT2D eigenvalue weighted by atomic mass is 10.3. The highest BCUT2D eigenvalue weighted by Crippen LogP contribution is 2.13. The number of aliphatic hydroxyl groups is 1. The van der Waals surface area contributed by atoms with Gasteiger partial charge in [-0.3, -0.25) is 0 Å². The SMILES string of the molecule is CCC(O)CNc1cc(OC)nc(N)n1. The first-order valence-corrected chi connectivity index (χ1v) is 4.76. The third-order valence-electron chi connectivity index (χ3n) is 1.92. The van der Waals surface area contributed by atoms with E-state index in [-0.39, 0.29) is 5.95 Å². The standard InChI is InChI=1S/C9H16N4O2/c1-3-6(14)5-11-7-4-8(15-2)13-9(10)12-7/h4,6,14H,3,5H2,1-2H3,(H3,10,11,12,13). The van der Waals surface area contributed by atoms with Crippen molar-refractivity contribution < 1.29 is 9.84 Å². The van der Waals surface area contributed by atoms with Gasteiger partial charge in [0, 0.05) is 12.6 Å². The Labute approximate surface area is 88.5 Å². The topological polar surface area (TPSA) is 93.3 Å². The van der Waals surface area contributed by atoms with Gasteiger partial charge in [0.25, 0.3) is 0 Å². The molecular weight excluding hydrogens is 196 g/mol. The zero-order chi connectivity index (χ0) is 11.3. The number of nitrogens with one attached hydrogen (secondary N) is 1. The Morgan fingerprint density at radius 3 is 2.93 bits per heavy atom. The fourth-order valence-electron chi connectivity index (χ4n) is 1.00. The number of methoxy groups -OCH3 is 1. The molecule has 1 atom stereocenters. The maximum absolute atomic E-state index is 9.35. The van der Waals surface area contributed by atoms with Crippen molar-refractivity contribution in [3.63, 3.8) is 0 Å². The maximum Gasteiger partial charge on any atom is 0.225 e. The zero-order valence-corrected chi connectivity index (χ0v) is 8.90. The third kappa shape index (κ3) is 3.59. The lowest BCUT2D eigenvalue weighted by Gasteiger charge is -2.10.